The molecule has 3 N–H and O–H groups in total. The first kappa shape index (κ1) is 12.1. The number of carbonyl (C=O) groups excluding carboxylic acids is 1. The minimum atomic E-state index is -0.346. The Morgan fingerprint density at radius 1 is 1.56 bits per heavy atom. The summed E-state index contributed by atoms with van der Waals surface area (Å²) in [6.45, 7) is 2.58. The summed E-state index contributed by atoms with van der Waals surface area (Å²) < 4.78 is 4.65. The van der Waals surface area contributed by atoms with E-state index in [9.17, 15) is 4.79 Å². The van der Waals surface area contributed by atoms with Crippen molar-refractivity contribution in [2.24, 2.45) is 0 Å². The molecular formula is C10H14N6O2. The molecular weight excluding hydrogens is 236 g/mol. The van der Waals surface area contributed by atoms with Gasteiger partial charge in [0.05, 0.1) is 13.4 Å². The van der Waals surface area contributed by atoms with Crippen molar-refractivity contribution in [3.63, 3.8) is 0 Å². The van der Waals surface area contributed by atoms with E-state index in [1.807, 2.05) is 6.92 Å². The number of esters is 1. The molecule has 0 saturated carbocycles. The first-order valence-electron chi connectivity index (χ1n) is 5.44. The number of nitrogens with two attached hydrogens (primary N) is 1. The van der Waals surface area contributed by atoms with Gasteiger partial charge in [-0.15, -0.1) is 0 Å². The molecule has 2 rings (SSSR count). The van der Waals surface area contributed by atoms with Crippen LogP contribution in [0.5, 0.6) is 0 Å². The van der Waals surface area contributed by atoms with Gasteiger partial charge >= 0.3 is 5.97 Å². The monoisotopic (exact) mass is 250 g/mol. The molecule has 2 aromatic rings. The van der Waals surface area contributed by atoms with Crippen molar-refractivity contribution < 1.29 is 9.53 Å². The van der Waals surface area contributed by atoms with Crippen LogP contribution in [0.25, 0.3) is 11.2 Å². The lowest BCUT2D eigenvalue weighted by Gasteiger charge is -2.20. The number of nitrogen functional groups attached to an aromatic ring is 1. The SMILES string of the molecule is CCN(CC(=O)OC)c1nc(N)nc2nc[nH]c12. The maximum absolute atomic E-state index is 11.3. The van der Waals surface area contributed by atoms with Crippen molar-refractivity contribution in [3.8, 4) is 0 Å². The molecule has 0 unspecified atom stereocenters. The highest BCUT2D eigenvalue weighted by atomic mass is 16.5. The van der Waals surface area contributed by atoms with Gasteiger partial charge in [-0.3, -0.25) is 4.79 Å². The number of imidazole rings is 1. The van der Waals surface area contributed by atoms with Crippen molar-refractivity contribution in [1.29, 1.82) is 0 Å². The maximum Gasteiger partial charge on any atom is 0.325 e. The van der Waals surface area contributed by atoms with Crippen LogP contribution in [0.2, 0.25) is 0 Å². The van der Waals surface area contributed by atoms with Crippen molar-refractivity contribution in [3.05, 3.63) is 6.33 Å². The van der Waals surface area contributed by atoms with E-state index in [1.165, 1.54) is 13.4 Å². The Hall–Kier alpha value is -2.38. The number of ether oxygens (including phenoxy) is 1. The predicted molar refractivity (Wildman–Crippen MR) is 66.0 cm³/mol. The lowest BCUT2D eigenvalue weighted by Crippen LogP contribution is -2.31. The molecule has 18 heavy (non-hydrogen) atoms. The van der Waals surface area contributed by atoms with Crippen LogP contribution >= 0.6 is 0 Å². The first-order chi connectivity index (χ1) is 8.65. The van der Waals surface area contributed by atoms with Gasteiger partial charge in [-0.2, -0.15) is 9.97 Å². The molecule has 0 spiro atoms. The van der Waals surface area contributed by atoms with Gasteiger partial charge in [-0.05, 0) is 6.92 Å². The number of aromatic nitrogens is 4. The molecule has 0 aliphatic rings. The third-order valence-corrected chi connectivity index (χ3v) is 2.51. The standard InChI is InChI=1S/C10H14N6O2/c1-3-16(4-6(17)18-2)9-7-8(13-5-12-7)14-10(11)15-9/h5H,3-4H2,1-2H3,(H3,11,12,13,14,15). The Morgan fingerprint density at radius 3 is 3.00 bits per heavy atom. The maximum atomic E-state index is 11.3. The number of anilines is 2. The molecule has 2 heterocycles. The van der Waals surface area contributed by atoms with E-state index in [1.54, 1.807) is 4.90 Å². The highest BCUT2D eigenvalue weighted by Gasteiger charge is 2.17. The van der Waals surface area contributed by atoms with Gasteiger partial charge in [-0.1, -0.05) is 0 Å². The number of hydrogen-bond acceptors (Lipinski definition) is 7. The van der Waals surface area contributed by atoms with Gasteiger partial charge in [0.2, 0.25) is 5.95 Å². The number of fused-ring (bicyclic) bond motifs is 1. The van der Waals surface area contributed by atoms with E-state index in [-0.39, 0.29) is 18.5 Å². The Kier molecular flexibility index (Phi) is 3.26. The van der Waals surface area contributed by atoms with Crippen LogP contribution in [0.4, 0.5) is 11.8 Å². The molecule has 8 nitrogen and oxygen atoms in total. The average Bonchev–Trinajstić information content (AvgIpc) is 2.82. The summed E-state index contributed by atoms with van der Waals surface area (Å²) in [6, 6.07) is 0. The number of rotatable bonds is 4. The fourth-order valence-corrected chi connectivity index (χ4v) is 1.62. The molecule has 96 valence electrons. The fraction of sp³-hybridized carbons (Fsp3) is 0.400. The van der Waals surface area contributed by atoms with E-state index >= 15 is 0 Å². The Bertz CT molecular complexity index is 566. The number of H-pyrrole nitrogens is 1. The molecule has 8 heteroatoms. The summed E-state index contributed by atoms with van der Waals surface area (Å²) in [5.74, 6) is 0.317. The van der Waals surface area contributed by atoms with Crippen LogP contribution in [0.15, 0.2) is 6.33 Å². The molecule has 2 aromatic heterocycles. The molecule has 0 radical (unpaired) electrons. The van der Waals surface area contributed by atoms with E-state index in [2.05, 4.69) is 24.7 Å². The van der Waals surface area contributed by atoms with E-state index in [4.69, 9.17) is 5.73 Å². The zero-order valence-corrected chi connectivity index (χ0v) is 10.2. The highest BCUT2D eigenvalue weighted by molar-refractivity contribution is 5.86. The Labute approximate surface area is 103 Å². The molecule has 0 atom stereocenters. The Morgan fingerprint density at radius 2 is 2.33 bits per heavy atom. The predicted octanol–water partition coefficient (Wildman–Crippen LogP) is -0.0656. The number of nitrogens with one attached hydrogen (secondary N) is 1. The molecule has 0 saturated heterocycles. The van der Waals surface area contributed by atoms with Crippen molar-refractivity contribution >= 4 is 28.9 Å². The quantitative estimate of drug-likeness (QED) is 0.731. The topological polar surface area (TPSA) is 110 Å². The molecule has 0 bridgehead atoms. The second-order valence-electron chi connectivity index (χ2n) is 3.60. The molecule has 0 aliphatic heterocycles. The number of carbonyl (C=O) groups is 1. The number of aromatic amines is 1. The van der Waals surface area contributed by atoms with Crippen molar-refractivity contribution in [1.82, 2.24) is 19.9 Å². The highest BCUT2D eigenvalue weighted by Crippen LogP contribution is 2.21. The third-order valence-electron chi connectivity index (χ3n) is 2.51. The summed E-state index contributed by atoms with van der Waals surface area (Å²) in [7, 11) is 1.34. The Balaban J connectivity index is 2.43. The van der Waals surface area contributed by atoms with Gasteiger partial charge in [0.25, 0.3) is 0 Å². The van der Waals surface area contributed by atoms with Crippen LogP contribution in [0.3, 0.4) is 0 Å². The lowest BCUT2D eigenvalue weighted by molar-refractivity contribution is -0.138. The average molecular weight is 250 g/mol. The van der Waals surface area contributed by atoms with Crippen LogP contribution < -0.4 is 10.6 Å². The molecule has 0 aromatic carbocycles. The van der Waals surface area contributed by atoms with Gasteiger partial charge in [0, 0.05) is 6.54 Å². The number of methoxy groups -OCH3 is 1. The largest absolute Gasteiger partial charge is 0.468 e. The lowest BCUT2D eigenvalue weighted by atomic mass is 10.4. The van der Waals surface area contributed by atoms with Gasteiger partial charge < -0.3 is 20.4 Å². The first-order valence-corrected chi connectivity index (χ1v) is 5.44. The summed E-state index contributed by atoms with van der Waals surface area (Å²) in [5, 5.41) is 0. The van der Waals surface area contributed by atoms with Gasteiger partial charge in [-0.25, -0.2) is 4.98 Å². The van der Waals surface area contributed by atoms with Crippen molar-refractivity contribution in [2.75, 3.05) is 30.8 Å². The summed E-state index contributed by atoms with van der Waals surface area (Å²) >= 11 is 0. The van der Waals surface area contributed by atoms with Crippen LogP contribution in [-0.2, 0) is 9.53 Å². The third kappa shape index (κ3) is 2.17. The van der Waals surface area contributed by atoms with Gasteiger partial charge in [0.1, 0.15) is 12.1 Å². The summed E-state index contributed by atoms with van der Waals surface area (Å²) in [6.07, 6.45) is 1.51. The molecule has 0 amide bonds. The van der Waals surface area contributed by atoms with Crippen LogP contribution in [0.1, 0.15) is 6.92 Å². The second-order valence-corrected chi connectivity index (χ2v) is 3.60. The minimum absolute atomic E-state index is 0.0948. The van der Waals surface area contributed by atoms with Gasteiger partial charge in [0.15, 0.2) is 11.5 Å². The minimum Gasteiger partial charge on any atom is -0.468 e. The fourth-order valence-electron chi connectivity index (χ4n) is 1.62. The molecule has 0 fully saturated rings. The number of hydrogen-bond donors (Lipinski definition) is 2. The van der Waals surface area contributed by atoms with E-state index in [0.717, 1.165) is 0 Å². The van der Waals surface area contributed by atoms with Crippen LogP contribution in [0, 0.1) is 0 Å². The zero-order chi connectivity index (χ0) is 13.1. The second kappa shape index (κ2) is 4.86. The van der Waals surface area contributed by atoms with Crippen molar-refractivity contribution in [2.45, 2.75) is 6.92 Å². The number of nitrogens with zero attached hydrogens (tertiary/aromatic N) is 4. The normalized spacial score (nSPS) is 10.6. The number of likely N-dealkylation sites (N-methyl/N-ethyl adjacent to an activating group) is 1. The van der Waals surface area contributed by atoms with E-state index in [0.29, 0.717) is 23.5 Å². The molecule has 0 aliphatic carbocycles. The van der Waals surface area contributed by atoms with Crippen LogP contribution in [-0.4, -0.2) is 46.1 Å². The zero-order valence-electron chi connectivity index (χ0n) is 10.2. The smallest absolute Gasteiger partial charge is 0.325 e. The summed E-state index contributed by atoms with van der Waals surface area (Å²) in [4.78, 5) is 28.2. The van der Waals surface area contributed by atoms with E-state index < -0.39 is 0 Å². The summed E-state index contributed by atoms with van der Waals surface area (Å²) in [5.41, 5.74) is 6.74.